The number of likely N-dealkylation sites (tertiary alicyclic amines) is 1. The molecule has 6 nitrogen and oxygen atoms in total. The maximum Gasteiger partial charge on any atom is 0.272 e. The Balaban J connectivity index is 1.28. The number of aromatic nitrogens is 3. The van der Waals surface area contributed by atoms with Crippen LogP contribution in [0.3, 0.4) is 0 Å². The molecule has 29 heavy (non-hydrogen) atoms. The van der Waals surface area contributed by atoms with E-state index in [0.717, 1.165) is 36.8 Å². The van der Waals surface area contributed by atoms with Crippen molar-refractivity contribution in [3.63, 3.8) is 0 Å². The Labute approximate surface area is 171 Å². The van der Waals surface area contributed by atoms with Crippen LogP contribution in [-0.2, 0) is 11.2 Å². The predicted octanol–water partition coefficient (Wildman–Crippen LogP) is 3.48. The van der Waals surface area contributed by atoms with E-state index in [2.05, 4.69) is 22.3 Å². The highest BCUT2D eigenvalue weighted by Gasteiger charge is 2.26. The zero-order valence-electron chi connectivity index (χ0n) is 15.8. The second-order valence-electron chi connectivity index (χ2n) is 7.40. The van der Waals surface area contributed by atoms with Crippen LogP contribution >= 0.6 is 11.3 Å². The summed E-state index contributed by atoms with van der Waals surface area (Å²) in [6.45, 7) is 1.45. The smallest absolute Gasteiger partial charge is 0.272 e. The van der Waals surface area contributed by atoms with Crippen LogP contribution in [0.4, 0.5) is 0 Å². The van der Waals surface area contributed by atoms with Crippen molar-refractivity contribution < 1.29 is 4.79 Å². The first kappa shape index (κ1) is 18.0. The second-order valence-corrected chi connectivity index (χ2v) is 8.46. The highest BCUT2D eigenvalue weighted by atomic mass is 32.1. The summed E-state index contributed by atoms with van der Waals surface area (Å²) in [7, 11) is 0. The van der Waals surface area contributed by atoms with Gasteiger partial charge in [-0.2, -0.15) is 5.10 Å². The number of nitrogens with one attached hydrogen (secondary N) is 1. The van der Waals surface area contributed by atoms with Gasteiger partial charge in [-0.3, -0.25) is 9.59 Å². The van der Waals surface area contributed by atoms with Crippen molar-refractivity contribution in [1.29, 1.82) is 0 Å². The highest BCUT2D eigenvalue weighted by molar-refractivity contribution is 7.18. The number of fused-ring (bicyclic) bond motifs is 2. The largest absolute Gasteiger partial charge is 0.342 e. The average Bonchev–Trinajstić information content (AvgIpc) is 3.20. The number of H-pyrrole nitrogens is 1. The number of nitrogens with zero attached hydrogens (tertiary/aromatic N) is 3. The van der Waals surface area contributed by atoms with Crippen molar-refractivity contribution in [3.05, 3.63) is 69.6 Å². The molecule has 0 saturated carbocycles. The molecule has 1 aliphatic heterocycles. The summed E-state index contributed by atoms with van der Waals surface area (Å²) in [4.78, 5) is 31.5. The maximum atomic E-state index is 12.9. The summed E-state index contributed by atoms with van der Waals surface area (Å²) >= 11 is 1.76. The maximum absolute atomic E-state index is 12.9. The normalized spacial score (nSPS) is 15.2. The lowest BCUT2D eigenvalue weighted by atomic mass is 9.97. The minimum absolute atomic E-state index is 0.0532. The van der Waals surface area contributed by atoms with Crippen LogP contribution < -0.4 is 5.56 Å². The van der Waals surface area contributed by atoms with Gasteiger partial charge in [-0.05, 0) is 31.0 Å². The van der Waals surface area contributed by atoms with Crippen molar-refractivity contribution in [2.75, 3.05) is 13.1 Å². The van der Waals surface area contributed by atoms with Gasteiger partial charge in [0.25, 0.3) is 5.56 Å². The van der Waals surface area contributed by atoms with Crippen LogP contribution in [0.15, 0.2) is 53.3 Å². The molecular formula is C22H20N4O2S. The molecule has 2 aromatic carbocycles. The van der Waals surface area contributed by atoms with Crippen LogP contribution in [-0.4, -0.2) is 39.1 Å². The number of aromatic amines is 1. The molecule has 5 rings (SSSR count). The third kappa shape index (κ3) is 3.42. The minimum atomic E-state index is -0.228. The third-order valence-electron chi connectivity index (χ3n) is 5.60. The number of hydrogen-bond acceptors (Lipinski definition) is 5. The number of amides is 1. The summed E-state index contributed by atoms with van der Waals surface area (Å²) in [6, 6.07) is 15.5. The Morgan fingerprint density at radius 2 is 1.79 bits per heavy atom. The van der Waals surface area contributed by atoms with Gasteiger partial charge in [-0.15, -0.1) is 11.3 Å². The molecule has 1 fully saturated rings. The molecule has 1 amide bonds. The molecule has 0 radical (unpaired) electrons. The van der Waals surface area contributed by atoms with E-state index in [1.165, 1.54) is 9.71 Å². The number of para-hydroxylation sites is 1. The lowest BCUT2D eigenvalue weighted by molar-refractivity contribution is -0.131. The molecule has 1 aliphatic rings. The van der Waals surface area contributed by atoms with Crippen LogP contribution in [0.5, 0.6) is 0 Å². The molecule has 3 heterocycles. The Kier molecular flexibility index (Phi) is 4.60. The lowest BCUT2D eigenvalue weighted by Crippen LogP contribution is -2.39. The number of benzene rings is 2. The third-order valence-corrected chi connectivity index (χ3v) is 6.80. The summed E-state index contributed by atoms with van der Waals surface area (Å²) in [5, 5.41) is 9.13. The monoisotopic (exact) mass is 404 g/mol. The molecule has 4 aromatic rings. The molecule has 0 bridgehead atoms. The first-order valence-corrected chi connectivity index (χ1v) is 10.6. The van der Waals surface area contributed by atoms with Gasteiger partial charge in [0.05, 0.1) is 32.7 Å². The topological polar surface area (TPSA) is 79.0 Å². The standard InChI is InChI=1S/C22H20N4O2S/c27-20(13-18-15-5-1-2-6-16(15)21(28)25-24-18)26-11-9-14(10-12-26)22-23-17-7-3-4-8-19(17)29-22/h1-8,14H,9-13H2,(H,25,28). The van der Waals surface area contributed by atoms with Crippen molar-refractivity contribution in [3.8, 4) is 0 Å². The van der Waals surface area contributed by atoms with E-state index in [0.29, 0.717) is 17.0 Å². The second kappa shape index (κ2) is 7.40. The van der Waals surface area contributed by atoms with Crippen molar-refractivity contribution in [2.24, 2.45) is 0 Å². The fraction of sp³-hybridized carbons (Fsp3) is 0.273. The van der Waals surface area contributed by atoms with Gasteiger partial charge in [0.1, 0.15) is 0 Å². The molecule has 0 spiro atoms. The Morgan fingerprint density at radius 1 is 1.07 bits per heavy atom. The first-order chi connectivity index (χ1) is 14.2. The molecule has 7 heteroatoms. The van der Waals surface area contributed by atoms with Crippen LogP contribution in [0.25, 0.3) is 21.0 Å². The average molecular weight is 404 g/mol. The van der Waals surface area contributed by atoms with Gasteiger partial charge in [0.2, 0.25) is 5.91 Å². The predicted molar refractivity (Wildman–Crippen MR) is 114 cm³/mol. The van der Waals surface area contributed by atoms with E-state index in [4.69, 9.17) is 4.98 Å². The van der Waals surface area contributed by atoms with Gasteiger partial charge in [-0.1, -0.05) is 30.3 Å². The van der Waals surface area contributed by atoms with Gasteiger partial charge in [-0.25, -0.2) is 10.1 Å². The fourth-order valence-corrected chi connectivity index (χ4v) is 5.14. The minimum Gasteiger partial charge on any atom is -0.342 e. The van der Waals surface area contributed by atoms with Crippen molar-refractivity contribution >= 4 is 38.2 Å². The van der Waals surface area contributed by atoms with Gasteiger partial charge < -0.3 is 4.90 Å². The van der Waals surface area contributed by atoms with Crippen LogP contribution in [0.2, 0.25) is 0 Å². The van der Waals surface area contributed by atoms with E-state index < -0.39 is 0 Å². The Morgan fingerprint density at radius 3 is 2.59 bits per heavy atom. The number of carbonyl (C=O) groups is 1. The number of rotatable bonds is 3. The van der Waals surface area contributed by atoms with Crippen molar-refractivity contribution in [1.82, 2.24) is 20.1 Å². The molecule has 0 unspecified atom stereocenters. The summed E-state index contributed by atoms with van der Waals surface area (Å²) in [5.41, 5.74) is 1.45. The molecule has 2 aromatic heterocycles. The molecule has 146 valence electrons. The molecule has 1 saturated heterocycles. The van der Waals surface area contributed by atoms with E-state index in [1.807, 2.05) is 35.2 Å². The van der Waals surface area contributed by atoms with Gasteiger partial charge in [0.15, 0.2) is 0 Å². The lowest BCUT2D eigenvalue weighted by Gasteiger charge is -2.31. The summed E-state index contributed by atoms with van der Waals surface area (Å²) in [6.07, 6.45) is 2.04. The molecule has 1 N–H and O–H groups in total. The Bertz CT molecular complexity index is 1220. The molecular weight excluding hydrogens is 384 g/mol. The summed E-state index contributed by atoms with van der Waals surface area (Å²) in [5.74, 6) is 0.459. The van der Waals surface area contributed by atoms with Crippen LogP contribution in [0.1, 0.15) is 29.5 Å². The highest BCUT2D eigenvalue weighted by Crippen LogP contribution is 2.33. The molecule has 0 atom stereocenters. The number of carbonyl (C=O) groups excluding carboxylic acids is 1. The SMILES string of the molecule is O=C(Cc1n[nH]c(=O)c2ccccc12)N1CCC(c2nc3ccccc3s2)CC1. The van der Waals surface area contributed by atoms with E-state index in [9.17, 15) is 9.59 Å². The van der Waals surface area contributed by atoms with Crippen LogP contribution in [0, 0.1) is 0 Å². The van der Waals surface area contributed by atoms with E-state index in [-0.39, 0.29) is 17.9 Å². The number of piperidine rings is 1. The number of hydrogen-bond donors (Lipinski definition) is 1. The zero-order chi connectivity index (χ0) is 19.8. The van der Waals surface area contributed by atoms with E-state index in [1.54, 1.807) is 17.4 Å². The van der Waals surface area contributed by atoms with Gasteiger partial charge in [0, 0.05) is 24.4 Å². The first-order valence-electron chi connectivity index (χ1n) is 9.78. The fourth-order valence-electron chi connectivity index (χ4n) is 4.00. The van der Waals surface area contributed by atoms with E-state index >= 15 is 0 Å². The van der Waals surface area contributed by atoms with Gasteiger partial charge >= 0.3 is 0 Å². The summed E-state index contributed by atoms with van der Waals surface area (Å²) < 4.78 is 1.22. The molecule has 0 aliphatic carbocycles. The van der Waals surface area contributed by atoms with Crippen molar-refractivity contribution in [2.45, 2.75) is 25.2 Å². The Hall–Kier alpha value is -3.06. The zero-order valence-corrected chi connectivity index (χ0v) is 16.6. The number of thiazole rings is 1. The quantitative estimate of drug-likeness (QED) is 0.567.